The molecule has 0 bridgehead atoms. The number of rotatable bonds is 7. The summed E-state index contributed by atoms with van der Waals surface area (Å²) in [6.45, 7) is 0.169. The van der Waals surface area contributed by atoms with E-state index in [1.54, 1.807) is 0 Å². The first-order chi connectivity index (χ1) is 8.90. The van der Waals surface area contributed by atoms with Crippen LogP contribution in [0.2, 0.25) is 0 Å². The second kappa shape index (κ2) is 8.23. The van der Waals surface area contributed by atoms with Crippen molar-refractivity contribution < 1.29 is 19.6 Å². The quantitative estimate of drug-likeness (QED) is 0.487. The summed E-state index contributed by atoms with van der Waals surface area (Å²) in [7, 11) is 0. The number of non-ortho nitro benzene ring substituents is 1. The first-order valence-corrected chi connectivity index (χ1v) is 5.38. The van der Waals surface area contributed by atoms with E-state index in [0.29, 0.717) is 5.56 Å². The van der Waals surface area contributed by atoms with Crippen molar-refractivity contribution in [3.8, 4) is 0 Å². The van der Waals surface area contributed by atoms with E-state index in [4.69, 9.17) is 10.8 Å². The van der Waals surface area contributed by atoms with Gasteiger partial charge in [-0.05, 0) is 5.56 Å². The molecule has 0 aliphatic heterocycles. The maximum absolute atomic E-state index is 10.8. The largest absolute Gasteiger partial charge is 0.480 e. The van der Waals surface area contributed by atoms with Crippen LogP contribution in [0, 0.1) is 10.1 Å². The molecule has 8 nitrogen and oxygen atoms in total. The molecule has 4 N–H and O–H groups in total. The number of nitrogens with one attached hydrogen (secondary N) is 1. The number of carbonyl (C=O) groups excluding carboxylic acids is 1. The highest BCUT2D eigenvalue weighted by Crippen LogP contribution is 2.11. The maximum atomic E-state index is 10.8. The van der Waals surface area contributed by atoms with Gasteiger partial charge in [0, 0.05) is 18.7 Å². The molecule has 0 fully saturated rings. The fourth-order valence-corrected chi connectivity index (χ4v) is 1.42. The van der Waals surface area contributed by atoms with Gasteiger partial charge in [-0.15, -0.1) is 17.0 Å². The van der Waals surface area contributed by atoms with Crippen molar-refractivity contribution in [2.75, 3.05) is 0 Å². The lowest BCUT2D eigenvalue weighted by atomic mass is 10.1. The minimum absolute atomic E-state index is 0. The Labute approximate surface area is 124 Å². The molecular formula is C11H14BrN3O5. The van der Waals surface area contributed by atoms with Crippen LogP contribution in [0.15, 0.2) is 24.3 Å². The topological polar surface area (TPSA) is 136 Å². The van der Waals surface area contributed by atoms with Crippen molar-refractivity contribution in [2.45, 2.75) is 19.0 Å². The number of carboxylic acids is 1. The average molecular weight is 348 g/mol. The van der Waals surface area contributed by atoms with Gasteiger partial charge in [-0.2, -0.15) is 0 Å². The highest BCUT2D eigenvalue weighted by atomic mass is 79.9. The van der Waals surface area contributed by atoms with Crippen molar-refractivity contribution in [3.63, 3.8) is 0 Å². The standard InChI is InChI=1S/C11H13N3O5.BrH/c12-10(15)5-9(11(16)17)13-6-7-1-3-8(4-2-7)14(18)19;/h1-4,9,13H,5-6H2,(H2,12,15)(H,16,17);1H/t9-;/m0./s1. The molecule has 0 aromatic heterocycles. The predicted octanol–water partition coefficient (Wildman–Crippen LogP) is 0.591. The summed E-state index contributed by atoms with van der Waals surface area (Å²) in [5.41, 5.74) is 5.56. The number of nitro groups is 1. The molecule has 0 aliphatic rings. The van der Waals surface area contributed by atoms with Gasteiger partial charge in [0.05, 0.1) is 11.3 Å². The van der Waals surface area contributed by atoms with Gasteiger partial charge in [0.1, 0.15) is 6.04 Å². The highest BCUT2D eigenvalue weighted by Gasteiger charge is 2.19. The molecule has 0 saturated heterocycles. The molecule has 0 radical (unpaired) electrons. The van der Waals surface area contributed by atoms with Gasteiger partial charge in [-0.1, -0.05) is 12.1 Å². The van der Waals surface area contributed by atoms with Gasteiger partial charge in [-0.25, -0.2) is 0 Å². The SMILES string of the molecule is Br.NC(=O)C[C@H](NCc1ccc([N+](=O)[O-])cc1)C(=O)O. The molecule has 0 spiro atoms. The van der Waals surface area contributed by atoms with E-state index in [1.165, 1.54) is 24.3 Å². The van der Waals surface area contributed by atoms with Crippen molar-refractivity contribution in [1.29, 1.82) is 0 Å². The fourth-order valence-electron chi connectivity index (χ4n) is 1.42. The van der Waals surface area contributed by atoms with E-state index in [9.17, 15) is 19.7 Å². The molecule has 0 saturated carbocycles. The Hall–Kier alpha value is -2.00. The minimum atomic E-state index is -1.18. The lowest BCUT2D eigenvalue weighted by molar-refractivity contribution is -0.384. The number of aliphatic carboxylic acids is 1. The summed E-state index contributed by atoms with van der Waals surface area (Å²) in [6, 6.07) is 4.58. The van der Waals surface area contributed by atoms with E-state index in [2.05, 4.69) is 5.32 Å². The van der Waals surface area contributed by atoms with Crippen LogP contribution in [0.4, 0.5) is 5.69 Å². The molecular weight excluding hydrogens is 334 g/mol. The van der Waals surface area contributed by atoms with E-state index in [1.807, 2.05) is 0 Å². The molecule has 110 valence electrons. The number of hydrogen-bond donors (Lipinski definition) is 3. The minimum Gasteiger partial charge on any atom is -0.480 e. The van der Waals surface area contributed by atoms with E-state index in [0.717, 1.165) is 0 Å². The third-order valence-corrected chi connectivity index (χ3v) is 2.40. The molecule has 1 aromatic carbocycles. The van der Waals surface area contributed by atoms with Gasteiger partial charge in [0.25, 0.3) is 5.69 Å². The Balaban J connectivity index is 0.00000361. The summed E-state index contributed by atoms with van der Waals surface area (Å²) in [5.74, 6) is -1.90. The zero-order valence-electron chi connectivity index (χ0n) is 10.3. The first kappa shape index (κ1) is 18.0. The van der Waals surface area contributed by atoms with Crippen LogP contribution >= 0.6 is 17.0 Å². The second-order valence-electron chi connectivity index (χ2n) is 3.87. The average Bonchev–Trinajstić information content (AvgIpc) is 2.34. The zero-order valence-corrected chi connectivity index (χ0v) is 12.0. The summed E-state index contributed by atoms with van der Waals surface area (Å²) in [6.07, 6.45) is -0.317. The smallest absolute Gasteiger partial charge is 0.321 e. The van der Waals surface area contributed by atoms with Gasteiger partial charge in [0.15, 0.2) is 0 Å². The summed E-state index contributed by atoms with van der Waals surface area (Å²) >= 11 is 0. The number of halogens is 1. The molecule has 0 aliphatic carbocycles. The third-order valence-electron chi connectivity index (χ3n) is 2.40. The predicted molar refractivity (Wildman–Crippen MR) is 75.5 cm³/mol. The molecule has 1 rings (SSSR count). The van der Waals surface area contributed by atoms with Crippen LogP contribution < -0.4 is 11.1 Å². The van der Waals surface area contributed by atoms with Crippen LogP contribution in [0.25, 0.3) is 0 Å². The number of carboxylic acid groups (broad SMARTS) is 1. The van der Waals surface area contributed by atoms with Gasteiger partial charge < -0.3 is 10.8 Å². The fraction of sp³-hybridized carbons (Fsp3) is 0.273. The molecule has 1 atom stereocenters. The van der Waals surface area contributed by atoms with Crippen molar-refractivity contribution in [3.05, 3.63) is 39.9 Å². The number of nitrogens with two attached hydrogens (primary N) is 1. The Morgan fingerprint density at radius 2 is 1.90 bits per heavy atom. The van der Waals surface area contributed by atoms with Crippen LogP contribution in [-0.2, 0) is 16.1 Å². The van der Waals surface area contributed by atoms with Crippen molar-refractivity contribution >= 4 is 34.5 Å². The van der Waals surface area contributed by atoms with Crippen molar-refractivity contribution in [1.82, 2.24) is 5.32 Å². The number of nitro benzene ring substituents is 1. The summed E-state index contributed by atoms with van der Waals surface area (Å²) in [4.78, 5) is 31.5. The number of nitrogens with zero attached hydrogens (tertiary/aromatic N) is 1. The Kier molecular flexibility index (Phi) is 7.40. The lowest BCUT2D eigenvalue weighted by Gasteiger charge is -2.12. The number of benzene rings is 1. The number of primary amides is 1. The number of amides is 1. The van der Waals surface area contributed by atoms with E-state index >= 15 is 0 Å². The summed E-state index contributed by atoms with van der Waals surface area (Å²) in [5, 5.41) is 22.0. The monoisotopic (exact) mass is 347 g/mol. The van der Waals surface area contributed by atoms with Crippen LogP contribution in [-0.4, -0.2) is 27.9 Å². The second-order valence-corrected chi connectivity index (χ2v) is 3.87. The Morgan fingerprint density at radius 3 is 2.30 bits per heavy atom. The van der Waals surface area contributed by atoms with Gasteiger partial charge >= 0.3 is 5.97 Å². The third kappa shape index (κ3) is 5.76. The number of carbonyl (C=O) groups is 2. The molecule has 0 unspecified atom stereocenters. The lowest BCUT2D eigenvalue weighted by Crippen LogP contribution is -2.39. The molecule has 1 aromatic rings. The molecule has 1 amide bonds. The van der Waals surface area contributed by atoms with E-state index < -0.39 is 22.8 Å². The number of hydrogen-bond acceptors (Lipinski definition) is 5. The molecule has 0 heterocycles. The highest BCUT2D eigenvalue weighted by molar-refractivity contribution is 8.93. The normalized spacial score (nSPS) is 11.2. The van der Waals surface area contributed by atoms with Gasteiger partial charge in [0.2, 0.25) is 5.91 Å². The summed E-state index contributed by atoms with van der Waals surface area (Å²) < 4.78 is 0. The van der Waals surface area contributed by atoms with Crippen LogP contribution in [0.1, 0.15) is 12.0 Å². The first-order valence-electron chi connectivity index (χ1n) is 5.38. The maximum Gasteiger partial charge on any atom is 0.321 e. The Morgan fingerprint density at radius 1 is 1.35 bits per heavy atom. The zero-order chi connectivity index (χ0) is 14.4. The molecule has 20 heavy (non-hydrogen) atoms. The van der Waals surface area contributed by atoms with Crippen LogP contribution in [0.3, 0.4) is 0 Å². The Bertz CT molecular complexity index is 491. The van der Waals surface area contributed by atoms with Gasteiger partial charge in [-0.3, -0.25) is 25.0 Å². The van der Waals surface area contributed by atoms with Crippen molar-refractivity contribution in [2.24, 2.45) is 5.73 Å². The van der Waals surface area contributed by atoms with E-state index in [-0.39, 0.29) is 35.6 Å². The van der Waals surface area contributed by atoms with Crippen LogP contribution in [0.5, 0.6) is 0 Å². The molecule has 9 heteroatoms.